The normalized spacial score (nSPS) is 26.9. The Morgan fingerprint density at radius 2 is 2.27 bits per heavy atom. The van der Waals surface area contributed by atoms with Gasteiger partial charge < -0.3 is 5.32 Å². The molecule has 0 aliphatic heterocycles. The highest BCUT2D eigenvalue weighted by atomic mass is 32.2. The molecular formula is C10H17F2NOS. The van der Waals surface area contributed by atoms with Crippen molar-refractivity contribution < 1.29 is 13.6 Å². The first-order chi connectivity index (χ1) is 7.08. The molecule has 5 heteroatoms. The molecule has 1 aliphatic carbocycles. The Morgan fingerprint density at radius 1 is 1.53 bits per heavy atom. The average molecular weight is 237 g/mol. The van der Waals surface area contributed by atoms with Crippen LogP contribution in [0.1, 0.15) is 32.6 Å². The van der Waals surface area contributed by atoms with Crippen molar-refractivity contribution in [2.45, 2.75) is 50.3 Å². The molecule has 1 aliphatic rings. The molecule has 0 spiro atoms. The maximum absolute atomic E-state index is 12.0. The first kappa shape index (κ1) is 12.9. The van der Waals surface area contributed by atoms with Gasteiger partial charge in [-0.2, -0.15) is 0 Å². The SMILES string of the molecule is CC(=O)SC1CCCC(NCC(F)F)C1. The van der Waals surface area contributed by atoms with Crippen LogP contribution in [0.3, 0.4) is 0 Å². The lowest BCUT2D eigenvalue weighted by Crippen LogP contribution is -2.37. The Hall–Kier alpha value is -0.160. The number of hydrogen-bond donors (Lipinski definition) is 1. The number of carbonyl (C=O) groups excluding carboxylic acids is 1. The zero-order valence-electron chi connectivity index (χ0n) is 8.84. The van der Waals surface area contributed by atoms with Crippen LogP contribution in [0.4, 0.5) is 8.78 Å². The summed E-state index contributed by atoms with van der Waals surface area (Å²) in [6.45, 7) is 1.32. The summed E-state index contributed by atoms with van der Waals surface area (Å²) < 4.78 is 24.0. The lowest BCUT2D eigenvalue weighted by Gasteiger charge is -2.28. The number of carbonyl (C=O) groups is 1. The summed E-state index contributed by atoms with van der Waals surface area (Å²) in [4.78, 5) is 10.9. The topological polar surface area (TPSA) is 29.1 Å². The quantitative estimate of drug-likeness (QED) is 0.814. The molecule has 0 aromatic heterocycles. The molecular weight excluding hydrogens is 220 g/mol. The summed E-state index contributed by atoms with van der Waals surface area (Å²) in [5, 5.41) is 3.28. The molecule has 0 aromatic rings. The molecule has 0 aromatic carbocycles. The summed E-state index contributed by atoms with van der Waals surface area (Å²) in [5.74, 6) is 0. The van der Waals surface area contributed by atoms with E-state index in [1.807, 2.05) is 0 Å². The van der Waals surface area contributed by atoms with E-state index < -0.39 is 6.43 Å². The fraction of sp³-hybridized carbons (Fsp3) is 0.900. The van der Waals surface area contributed by atoms with Crippen LogP contribution >= 0.6 is 11.8 Å². The Bertz CT molecular complexity index is 214. The molecule has 1 rings (SSSR count). The van der Waals surface area contributed by atoms with Gasteiger partial charge in [-0.25, -0.2) is 8.78 Å². The van der Waals surface area contributed by atoms with Gasteiger partial charge in [-0.3, -0.25) is 4.79 Å². The highest BCUT2D eigenvalue weighted by Crippen LogP contribution is 2.28. The van der Waals surface area contributed by atoms with Gasteiger partial charge in [-0.05, 0) is 19.3 Å². The van der Waals surface area contributed by atoms with Crippen molar-refractivity contribution in [2.75, 3.05) is 6.54 Å². The summed E-state index contributed by atoms with van der Waals surface area (Å²) in [7, 11) is 0. The molecule has 0 radical (unpaired) electrons. The van der Waals surface area contributed by atoms with E-state index >= 15 is 0 Å². The molecule has 0 heterocycles. The van der Waals surface area contributed by atoms with Crippen molar-refractivity contribution in [3.8, 4) is 0 Å². The van der Waals surface area contributed by atoms with Crippen LogP contribution in [0.15, 0.2) is 0 Å². The van der Waals surface area contributed by atoms with Crippen molar-refractivity contribution >= 4 is 16.9 Å². The van der Waals surface area contributed by atoms with Crippen LogP contribution in [0.25, 0.3) is 0 Å². The van der Waals surface area contributed by atoms with E-state index in [2.05, 4.69) is 5.32 Å². The van der Waals surface area contributed by atoms with Gasteiger partial charge in [0.15, 0.2) is 5.12 Å². The third-order valence-corrected chi connectivity index (χ3v) is 3.61. The van der Waals surface area contributed by atoms with Crippen LogP contribution in [0, 0.1) is 0 Å². The molecule has 0 saturated heterocycles. The van der Waals surface area contributed by atoms with E-state index in [1.54, 1.807) is 6.92 Å². The second-order valence-corrected chi connectivity index (χ2v) is 5.37. The number of thioether (sulfide) groups is 1. The maximum atomic E-state index is 12.0. The van der Waals surface area contributed by atoms with E-state index in [-0.39, 0.29) is 17.7 Å². The van der Waals surface area contributed by atoms with E-state index in [4.69, 9.17) is 0 Å². The lowest BCUT2D eigenvalue weighted by molar-refractivity contribution is -0.109. The predicted molar refractivity (Wildman–Crippen MR) is 58.3 cm³/mol. The van der Waals surface area contributed by atoms with Gasteiger partial charge in [0.2, 0.25) is 0 Å². The fourth-order valence-corrected chi connectivity index (χ4v) is 3.01. The van der Waals surface area contributed by atoms with Gasteiger partial charge in [0.25, 0.3) is 6.43 Å². The first-order valence-corrected chi connectivity index (χ1v) is 6.14. The number of rotatable bonds is 4. The molecule has 0 amide bonds. The minimum Gasteiger partial charge on any atom is -0.309 e. The van der Waals surface area contributed by atoms with Crippen LogP contribution in [0.2, 0.25) is 0 Å². The highest BCUT2D eigenvalue weighted by molar-refractivity contribution is 8.14. The predicted octanol–water partition coefficient (Wildman–Crippen LogP) is 2.43. The first-order valence-electron chi connectivity index (χ1n) is 5.26. The second kappa shape index (κ2) is 6.43. The lowest BCUT2D eigenvalue weighted by atomic mass is 9.95. The molecule has 1 N–H and O–H groups in total. The monoisotopic (exact) mass is 237 g/mol. The molecule has 15 heavy (non-hydrogen) atoms. The summed E-state index contributed by atoms with van der Waals surface area (Å²) in [6.07, 6.45) is 1.53. The molecule has 88 valence electrons. The number of halogens is 2. The van der Waals surface area contributed by atoms with Gasteiger partial charge in [-0.15, -0.1) is 0 Å². The Kier molecular flexibility index (Phi) is 5.53. The molecule has 2 unspecified atom stereocenters. The molecule has 1 fully saturated rings. The van der Waals surface area contributed by atoms with Gasteiger partial charge >= 0.3 is 0 Å². The smallest absolute Gasteiger partial charge is 0.250 e. The standard InChI is InChI=1S/C10H17F2NOS/c1-7(14)15-9-4-2-3-8(5-9)13-6-10(11)12/h8-10,13H,2-6H2,1H3. The van der Waals surface area contributed by atoms with Crippen LogP contribution in [0.5, 0.6) is 0 Å². The minimum atomic E-state index is -2.29. The average Bonchev–Trinajstić information content (AvgIpc) is 2.14. The molecule has 2 nitrogen and oxygen atoms in total. The van der Waals surface area contributed by atoms with Crippen LogP contribution < -0.4 is 5.32 Å². The highest BCUT2D eigenvalue weighted by Gasteiger charge is 2.23. The number of alkyl halides is 2. The van der Waals surface area contributed by atoms with Gasteiger partial charge in [-0.1, -0.05) is 18.2 Å². The van der Waals surface area contributed by atoms with Gasteiger partial charge in [0, 0.05) is 18.2 Å². The summed E-state index contributed by atoms with van der Waals surface area (Å²) in [6, 6.07) is 0.157. The molecule has 2 atom stereocenters. The van der Waals surface area contributed by atoms with E-state index in [0.29, 0.717) is 5.25 Å². The Labute approximate surface area is 93.2 Å². The van der Waals surface area contributed by atoms with Crippen LogP contribution in [-0.2, 0) is 4.79 Å². The van der Waals surface area contributed by atoms with Gasteiger partial charge in [0.05, 0.1) is 6.54 Å². The van der Waals surface area contributed by atoms with Crippen molar-refractivity contribution in [2.24, 2.45) is 0 Å². The largest absolute Gasteiger partial charge is 0.309 e. The summed E-state index contributed by atoms with van der Waals surface area (Å²) in [5.41, 5.74) is 0. The van der Waals surface area contributed by atoms with Gasteiger partial charge in [0.1, 0.15) is 0 Å². The van der Waals surface area contributed by atoms with Crippen LogP contribution in [-0.4, -0.2) is 29.4 Å². The zero-order chi connectivity index (χ0) is 11.3. The Balaban J connectivity index is 2.25. The van der Waals surface area contributed by atoms with E-state index in [1.165, 1.54) is 11.8 Å². The van der Waals surface area contributed by atoms with Crippen molar-refractivity contribution in [1.82, 2.24) is 5.32 Å². The number of nitrogens with one attached hydrogen (secondary N) is 1. The zero-order valence-corrected chi connectivity index (χ0v) is 9.66. The minimum absolute atomic E-state index is 0.120. The third-order valence-electron chi connectivity index (χ3n) is 2.52. The third kappa shape index (κ3) is 5.47. The number of hydrogen-bond acceptors (Lipinski definition) is 3. The van der Waals surface area contributed by atoms with Crippen molar-refractivity contribution in [3.05, 3.63) is 0 Å². The summed E-state index contributed by atoms with van der Waals surface area (Å²) >= 11 is 1.35. The fourth-order valence-electron chi connectivity index (χ4n) is 1.93. The molecule has 0 bridgehead atoms. The maximum Gasteiger partial charge on any atom is 0.250 e. The molecule has 1 saturated carbocycles. The van der Waals surface area contributed by atoms with E-state index in [0.717, 1.165) is 25.7 Å². The van der Waals surface area contributed by atoms with Crippen molar-refractivity contribution in [3.63, 3.8) is 0 Å². The van der Waals surface area contributed by atoms with E-state index in [9.17, 15) is 13.6 Å². The Morgan fingerprint density at radius 3 is 2.87 bits per heavy atom. The second-order valence-electron chi connectivity index (χ2n) is 3.89. The van der Waals surface area contributed by atoms with Crippen molar-refractivity contribution in [1.29, 1.82) is 0 Å².